The first kappa shape index (κ1) is 18.4. The van der Waals surface area contributed by atoms with Crippen LogP contribution in [-0.2, 0) is 22.6 Å². The van der Waals surface area contributed by atoms with Gasteiger partial charge in [0.25, 0.3) is 0 Å². The monoisotopic (exact) mass is 354 g/mol. The second kappa shape index (κ2) is 9.94. The molecule has 0 bridgehead atoms. The van der Waals surface area contributed by atoms with Gasteiger partial charge in [-0.15, -0.1) is 0 Å². The lowest BCUT2D eigenvalue weighted by molar-refractivity contribution is -0.0447. The summed E-state index contributed by atoms with van der Waals surface area (Å²) in [6, 6.07) is 17.3. The number of urea groups is 1. The Balaban J connectivity index is 1.42. The summed E-state index contributed by atoms with van der Waals surface area (Å²) in [6.45, 7) is 2.47. The zero-order valence-electron chi connectivity index (χ0n) is 14.9. The van der Waals surface area contributed by atoms with Crippen LogP contribution in [-0.4, -0.2) is 25.3 Å². The van der Waals surface area contributed by atoms with Crippen molar-refractivity contribution in [2.24, 2.45) is 0 Å². The van der Waals surface area contributed by atoms with E-state index in [1.807, 2.05) is 54.6 Å². The molecular weight excluding hydrogens is 328 g/mol. The molecule has 1 aliphatic heterocycles. The molecule has 2 aromatic rings. The van der Waals surface area contributed by atoms with Crippen LogP contribution >= 0.6 is 0 Å². The Morgan fingerprint density at radius 3 is 2.73 bits per heavy atom. The van der Waals surface area contributed by atoms with Gasteiger partial charge in [-0.25, -0.2) is 4.79 Å². The van der Waals surface area contributed by atoms with Crippen LogP contribution in [0.5, 0.6) is 0 Å². The number of amides is 2. The fourth-order valence-electron chi connectivity index (χ4n) is 2.94. The maximum Gasteiger partial charge on any atom is 0.319 e. The molecule has 0 radical (unpaired) electrons. The second-order valence-corrected chi connectivity index (χ2v) is 6.50. The topological polar surface area (TPSA) is 59.6 Å². The highest BCUT2D eigenvalue weighted by molar-refractivity contribution is 5.89. The zero-order valence-corrected chi connectivity index (χ0v) is 14.9. The Bertz CT molecular complexity index is 685. The number of carbonyl (C=O) groups excluding carboxylic acids is 1. The number of rotatable bonds is 7. The number of benzene rings is 2. The molecule has 0 unspecified atom stereocenters. The molecule has 1 atom stereocenters. The molecule has 3 rings (SSSR count). The van der Waals surface area contributed by atoms with E-state index in [1.54, 1.807) is 0 Å². The predicted molar refractivity (Wildman–Crippen MR) is 102 cm³/mol. The highest BCUT2D eigenvalue weighted by Gasteiger charge is 2.13. The van der Waals surface area contributed by atoms with Crippen molar-refractivity contribution in [3.05, 3.63) is 65.7 Å². The smallest absolute Gasteiger partial charge is 0.319 e. The van der Waals surface area contributed by atoms with Crippen LogP contribution < -0.4 is 10.6 Å². The largest absolute Gasteiger partial charge is 0.376 e. The molecule has 1 heterocycles. The van der Waals surface area contributed by atoms with Crippen molar-refractivity contribution in [1.29, 1.82) is 0 Å². The SMILES string of the molecule is O=C(NCc1ccccc1)Nc1cccc(COC[C@H]2CCCCO2)c1. The Hall–Kier alpha value is -2.37. The molecule has 2 aromatic carbocycles. The summed E-state index contributed by atoms with van der Waals surface area (Å²) in [5.74, 6) is 0. The van der Waals surface area contributed by atoms with Crippen molar-refractivity contribution >= 4 is 11.7 Å². The van der Waals surface area contributed by atoms with E-state index >= 15 is 0 Å². The number of carbonyl (C=O) groups is 1. The Labute approximate surface area is 154 Å². The van der Waals surface area contributed by atoms with Crippen LogP contribution in [0.2, 0.25) is 0 Å². The Morgan fingerprint density at radius 2 is 1.92 bits per heavy atom. The summed E-state index contributed by atoms with van der Waals surface area (Å²) in [6.07, 6.45) is 3.65. The van der Waals surface area contributed by atoms with Crippen molar-refractivity contribution in [3.8, 4) is 0 Å². The van der Waals surface area contributed by atoms with Gasteiger partial charge in [-0.3, -0.25) is 0 Å². The number of ether oxygens (including phenoxy) is 2. The molecule has 2 N–H and O–H groups in total. The summed E-state index contributed by atoms with van der Waals surface area (Å²) in [5.41, 5.74) is 2.85. The van der Waals surface area contributed by atoms with Crippen molar-refractivity contribution < 1.29 is 14.3 Å². The standard InChI is InChI=1S/C21H26N2O3/c24-21(22-14-17-7-2-1-3-8-17)23-19-10-6-9-18(13-19)15-25-16-20-11-4-5-12-26-20/h1-3,6-10,13,20H,4-5,11-12,14-16H2,(H2,22,23,24)/t20-/m1/s1. The minimum absolute atomic E-state index is 0.217. The molecular formula is C21H26N2O3. The van der Waals surface area contributed by atoms with E-state index in [0.717, 1.165) is 36.3 Å². The van der Waals surface area contributed by atoms with E-state index in [1.165, 1.54) is 6.42 Å². The molecule has 1 fully saturated rings. The summed E-state index contributed by atoms with van der Waals surface area (Å²) < 4.78 is 11.4. The normalized spacial score (nSPS) is 16.8. The number of hydrogen-bond donors (Lipinski definition) is 2. The van der Waals surface area contributed by atoms with Crippen molar-refractivity contribution in [2.45, 2.75) is 38.5 Å². The van der Waals surface area contributed by atoms with Gasteiger partial charge < -0.3 is 20.1 Å². The van der Waals surface area contributed by atoms with E-state index < -0.39 is 0 Å². The van der Waals surface area contributed by atoms with Gasteiger partial charge in [0.2, 0.25) is 0 Å². The summed E-state index contributed by atoms with van der Waals surface area (Å²) >= 11 is 0. The summed E-state index contributed by atoms with van der Waals surface area (Å²) in [7, 11) is 0. The van der Waals surface area contributed by atoms with Crippen molar-refractivity contribution in [2.75, 3.05) is 18.5 Å². The number of anilines is 1. The molecule has 0 spiro atoms. The minimum atomic E-state index is -0.220. The third-order valence-corrected chi connectivity index (χ3v) is 4.33. The minimum Gasteiger partial charge on any atom is -0.376 e. The predicted octanol–water partition coefficient (Wildman–Crippen LogP) is 4.09. The molecule has 1 saturated heterocycles. The Kier molecular flexibility index (Phi) is 7.05. The molecule has 0 aliphatic carbocycles. The van der Waals surface area contributed by atoms with E-state index in [0.29, 0.717) is 19.8 Å². The molecule has 5 heteroatoms. The van der Waals surface area contributed by atoms with Gasteiger partial charge in [0, 0.05) is 18.8 Å². The highest BCUT2D eigenvalue weighted by atomic mass is 16.5. The quantitative estimate of drug-likeness (QED) is 0.787. The molecule has 0 saturated carbocycles. The maximum absolute atomic E-state index is 12.0. The molecule has 1 aliphatic rings. The number of nitrogens with one attached hydrogen (secondary N) is 2. The Morgan fingerprint density at radius 1 is 1.08 bits per heavy atom. The van der Waals surface area contributed by atoms with Gasteiger partial charge in [-0.2, -0.15) is 0 Å². The average Bonchev–Trinajstić information content (AvgIpc) is 2.68. The van der Waals surface area contributed by atoms with Gasteiger partial charge in [-0.1, -0.05) is 42.5 Å². The van der Waals surface area contributed by atoms with Gasteiger partial charge >= 0.3 is 6.03 Å². The first-order valence-corrected chi connectivity index (χ1v) is 9.17. The van der Waals surface area contributed by atoms with E-state index in [-0.39, 0.29) is 12.1 Å². The average molecular weight is 354 g/mol. The van der Waals surface area contributed by atoms with Gasteiger partial charge in [0.1, 0.15) is 0 Å². The molecule has 0 aromatic heterocycles. The molecule has 5 nitrogen and oxygen atoms in total. The van der Waals surface area contributed by atoms with Crippen LogP contribution in [0.3, 0.4) is 0 Å². The molecule has 138 valence electrons. The summed E-state index contributed by atoms with van der Waals surface area (Å²) in [4.78, 5) is 12.0. The van der Waals surface area contributed by atoms with Gasteiger partial charge in [0.05, 0.1) is 19.3 Å². The number of hydrogen-bond acceptors (Lipinski definition) is 3. The van der Waals surface area contributed by atoms with Crippen LogP contribution in [0.25, 0.3) is 0 Å². The third kappa shape index (κ3) is 6.17. The van der Waals surface area contributed by atoms with E-state index in [2.05, 4.69) is 10.6 Å². The zero-order chi connectivity index (χ0) is 18.0. The second-order valence-electron chi connectivity index (χ2n) is 6.50. The van der Waals surface area contributed by atoms with E-state index in [4.69, 9.17) is 9.47 Å². The fourth-order valence-corrected chi connectivity index (χ4v) is 2.94. The van der Waals surface area contributed by atoms with E-state index in [9.17, 15) is 4.79 Å². The van der Waals surface area contributed by atoms with Crippen molar-refractivity contribution in [3.63, 3.8) is 0 Å². The lowest BCUT2D eigenvalue weighted by Crippen LogP contribution is -2.28. The van der Waals surface area contributed by atoms with Crippen LogP contribution in [0, 0.1) is 0 Å². The fraction of sp³-hybridized carbons (Fsp3) is 0.381. The lowest BCUT2D eigenvalue weighted by atomic mass is 10.1. The first-order valence-electron chi connectivity index (χ1n) is 9.17. The van der Waals surface area contributed by atoms with Crippen LogP contribution in [0.4, 0.5) is 10.5 Å². The first-order chi connectivity index (χ1) is 12.8. The third-order valence-electron chi connectivity index (χ3n) is 4.33. The van der Waals surface area contributed by atoms with Gasteiger partial charge in [0.15, 0.2) is 0 Å². The lowest BCUT2D eigenvalue weighted by Gasteiger charge is -2.22. The van der Waals surface area contributed by atoms with Crippen LogP contribution in [0.1, 0.15) is 30.4 Å². The van der Waals surface area contributed by atoms with Crippen molar-refractivity contribution in [1.82, 2.24) is 5.32 Å². The maximum atomic E-state index is 12.0. The summed E-state index contributed by atoms with van der Waals surface area (Å²) in [5, 5.41) is 5.72. The molecule has 2 amide bonds. The highest BCUT2D eigenvalue weighted by Crippen LogP contribution is 2.15. The van der Waals surface area contributed by atoms with Gasteiger partial charge in [-0.05, 0) is 42.5 Å². The molecule has 26 heavy (non-hydrogen) atoms. The van der Waals surface area contributed by atoms with Crippen LogP contribution in [0.15, 0.2) is 54.6 Å².